The second kappa shape index (κ2) is 39.4. The van der Waals surface area contributed by atoms with Gasteiger partial charge in [-0.15, -0.1) is 0 Å². The van der Waals surface area contributed by atoms with Crippen LogP contribution in [0.5, 0.6) is 0 Å². The second-order valence-electron chi connectivity index (χ2n) is 13.7. The summed E-state index contributed by atoms with van der Waals surface area (Å²) in [6, 6.07) is 0. The number of phosphoric acid groups is 1. The van der Waals surface area contributed by atoms with Gasteiger partial charge in [0.25, 0.3) is 0 Å². The molecule has 0 radical (unpaired) electrons. The van der Waals surface area contributed by atoms with Gasteiger partial charge in [0.05, 0.1) is 6.61 Å². The number of rotatable bonds is 38. The summed E-state index contributed by atoms with van der Waals surface area (Å²) in [6.45, 7) is 3.72. The standard InChI is InChI=1S/C44H77O8P/c1-4-6-8-10-12-14-16-17-18-19-20-21-22-23-24-25-26-27-29-31-33-35-37-39-44(46)52-42(41-51-53(47,48)49-3)40-50-43(45)38-36-34-32-30-28-15-13-11-9-7-5-2/h6,8,11-14,17-18,20-21,42H,4-5,7,9-10,15-16,19,22-41H2,1-3H3,(H,47,48)/b8-6-,13-11-,14-12-,18-17-,21-20-. The van der Waals surface area contributed by atoms with Gasteiger partial charge in [-0.1, -0.05) is 158 Å². The fourth-order valence-electron chi connectivity index (χ4n) is 5.51. The molecular formula is C44H77O8P. The number of ether oxygens (including phenoxy) is 2. The lowest BCUT2D eigenvalue weighted by Gasteiger charge is -2.19. The molecule has 53 heavy (non-hydrogen) atoms. The zero-order valence-corrected chi connectivity index (χ0v) is 34.8. The quantitative estimate of drug-likeness (QED) is 0.0286. The smallest absolute Gasteiger partial charge is 0.462 e. The van der Waals surface area contributed by atoms with E-state index >= 15 is 0 Å². The van der Waals surface area contributed by atoms with Crippen molar-refractivity contribution < 1.29 is 37.6 Å². The van der Waals surface area contributed by atoms with Crippen LogP contribution < -0.4 is 0 Å². The Morgan fingerprint density at radius 1 is 0.547 bits per heavy atom. The molecule has 0 fully saturated rings. The van der Waals surface area contributed by atoms with Crippen LogP contribution in [0.1, 0.15) is 181 Å². The number of phosphoric ester groups is 1. The van der Waals surface area contributed by atoms with E-state index in [1.165, 1.54) is 51.4 Å². The van der Waals surface area contributed by atoms with Gasteiger partial charge in [-0.2, -0.15) is 0 Å². The summed E-state index contributed by atoms with van der Waals surface area (Å²) in [5, 5.41) is 0. The third kappa shape index (κ3) is 39.3. The molecule has 0 amide bonds. The van der Waals surface area contributed by atoms with Crippen molar-refractivity contribution in [3.8, 4) is 0 Å². The van der Waals surface area contributed by atoms with E-state index in [-0.39, 0.29) is 25.4 Å². The van der Waals surface area contributed by atoms with Crippen molar-refractivity contribution in [3.05, 3.63) is 60.8 Å². The SMILES string of the molecule is CC/C=C\C/C=C\C/C=C\C/C=C\CCCCCCCCCCCCC(=O)OC(COC(=O)CCCCCCC/C=C\CCCC)COP(=O)(O)OC. The largest absolute Gasteiger partial charge is 0.472 e. The highest BCUT2D eigenvalue weighted by Gasteiger charge is 2.24. The Balaban J connectivity index is 3.97. The van der Waals surface area contributed by atoms with Gasteiger partial charge in [0, 0.05) is 20.0 Å². The van der Waals surface area contributed by atoms with Gasteiger partial charge in [0.1, 0.15) is 6.61 Å². The predicted molar refractivity (Wildman–Crippen MR) is 221 cm³/mol. The van der Waals surface area contributed by atoms with Crippen LogP contribution in [0.2, 0.25) is 0 Å². The van der Waals surface area contributed by atoms with Crippen LogP contribution in [0.3, 0.4) is 0 Å². The molecule has 1 N–H and O–H groups in total. The number of unbranched alkanes of at least 4 members (excludes halogenated alkanes) is 17. The van der Waals surface area contributed by atoms with E-state index in [1.54, 1.807) is 0 Å². The number of carbonyl (C=O) groups is 2. The maximum absolute atomic E-state index is 12.5. The van der Waals surface area contributed by atoms with Gasteiger partial charge < -0.3 is 14.4 Å². The summed E-state index contributed by atoms with van der Waals surface area (Å²) in [7, 11) is -3.21. The Morgan fingerprint density at radius 3 is 1.45 bits per heavy atom. The minimum Gasteiger partial charge on any atom is -0.462 e. The molecule has 0 aliphatic rings. The molecule has 0 heterocycles. The molecule has 0 aliphatic carbocycles. The first-order valence-electron chi connectivity index (χ1n) is 21.0. The lowest BCUT2D eigenvalue weighted by atomic mass is 10.0. The fourth-order valence-corrected chi connectivity index (χ4v) is 5.97. The Kier molecular flexibility index (Phi) is 37.8. The lowest BCUT2D eigenvalue weighted by Crippen LogP contribution is -2.29. The zero-order valence-electron chi connectivity index (χ0n) is 33.9. The van der Waals surface area contributed by atoms with E-state index in [4.69, 9.17) is 14.0 Å². The summed E-state index contributed by atoms with van der Waals surface area (Å²) in [6.07, 6.45) is 48.5. The van der Waals surface area contributed by atoms with Gasteiger partial charge in [0.15, 0.2) is 6.10 Å². The molecule has 2 unspecified atom stereocenters. The van der Waals surface area contributed by atoms with Crippen molar-refractivity contribution in [1.82, 2.24) is 0 Å². The Labute approximate surface area is 324 Å². The molecular weight excluding hydrogens is 687 g/mol. The van der Waals surface area contributed by atoms with Crippen molar-refractivity contribution in [2.45, 2.75) is 187 Å². The molecule has 9 heteroatoms. The topological polar surface area (TPSA) is 108 Å². The number of carbonyl (C=O) groups excluding carboxylic acids is 2. The summed E-state index contributed by atoms with van der Waals surface area (Å²) in [4.78, 5) is 34.4. The summed E-state index contributed by atoms with van der Waals surface area (Å²) >= 11 is 0. The van der Waals surface area contributed by atoms with Crippen LogP contribution in [0, 0.1) is 0 Å². The van der Waals surface area contributed by atoms with E-state index in [2.05, 4.69) is 79.1 Å². The maximum atomic E-state index is 12.5. The number of hydrogen-bond acceptors (Lipinski definition) is 7. The monoisotopic (exact) mass is 765 g/mol. The number of allylic oxidation sites excluding steroid dienone is 10. The number of esters is 2. The van der Waals surface area contributed by atoms with Gasteiger partial charge in [0.2, 0.25) is 0 Å². The molecule has 0 aromatic carbocycles. The molecule has 0 aliphatic heterocycles. The molecule has 8 nitrogen and oxygen atoms in total. The van der Waals surface area contributed by atoms with Gasteiger partial charge in [-0.05, 0) is 70.6 Å². The van der Waals surface area contributed by atoms with Gasteiger partial charge in [-0.25, -0.2) is 4.57 Å². The molecule has 0 aromatic heterocycles. The van der Waals surface area contributed by atoms with Crippen LogP contribution in [-0.4, -0.2) is 43.3 Å². The van der Waals surface area contributed by atoms with Crippen LogP contribution in [0.25, 0.3) is 0 Å². The summed E-state index contributed by atoms with van der Waals surface area (Å²) < 4.78 is 31.9. The average molecular weight is 765 g/mol. The molecule has 306 valence electrons. The second-order valence-corrected chi connectivity index (χ2v) is 15.3. The number of hydrogen-bond donors (Lipinski definition) is 1. The van der Waals surface area contributed by atoms with Gasteiger partial charge in [-0.3, -0.25) is 18.6 Å². The molecule has 0 bridgehead atoms. The molecule has 0 rings (SSSR count). The Bertz CT molecular complexity index is 1050. The van der Waals surface area contributed by atoms with Crippen LogP contribution in [0.4, 0.5) is 0 Å². The molecule has 0 saturated heterocycles. The maximum Gasteiger partial charge on any atom is 0.472 e. The first-order valence-corrected chi connectivity index (χ1v) is 22.5. The third-order valence-electron chi connectivity index (χ3n) is 8.75. The van der Waals surface area contributed by atoms with E-state index in [0.29, 0.717) is 6.42 Å². The Hall–Kier alpha value is -2.25. The highest BCUT2D eigenvalue weighted by atomic mass is 31.2. The van der Waals surface area contributed by atoms with E-state index in [9.17, 15) is 19.0 Å². The first kappa shape index (κ1) is 50.8. The predicted octanol–water partition coefficient (Wildman–Crippen LogP) is 13.2. The van der Waals surface area contributed by atoms with Crippen LogP contribution >= 0.6 is 7.82 Å². The molecule has 0 saturated carbocycles. The highest BCUT2D eigenvalue weighted by molar-refractivity contribution is 7.47. The molecule has 0 aromatic rings. The van der Waals surface area contributed by atoms with Crippen LogP contribution in [0.15, 0.2) is 60.8 Å². The van der Waals surface area contributed by atoms with Crippen LogP contribution in [-0.2, 0) is 32.7 Å². The first-order chi connectivity index (χ1) is 25.8. The van der Waals surface area contributed by atoms with Crippen molar-refractivity contribution in [1.29, 1.82) is 0 Å². The zero-order chi connectivity index (χ0) is 38.9. The fraction of sp³-hybridized carbons (Fsp3) is 0.727. The van der Waals surface area contributed by atoms with Crippen molar-refractivity contribution in [3.63, 3.8) is 0 Å². The summed E-state index contributed by atoms with van der Waals surface area (Å²) in [5.74, 6) is -0.823. The van der Waals surface area contributed by atoms with Crippen molar-refractivity contribution in [2.24, 2.45) is 0 Å². The van der Waals surface area contributed by atoms with E-state index in [1.807, 2.05) is 0 Å². The minimum atomic E-state index is -4.26. The molecule has 2 atom stereocenters. The van der Waals surface area contributed by atoms with E-state index < -0.39 is 26.5 Å². The van der Waals surface area contributed by atoms with Crippen molar-refractivity contribution >= 4 is 19.8 Å². The lowest BCUT2D eigenvalue weighted by molar-refractivity contribution is -0.161. The molecule has 0 spiro atoms. The van der Waals surface area contributed by atoms with E-state index in [0.717, 1.165) is 103 Å². The van der Waals surface area contributed by atoms with Gasteiger partial charge >= 0.3 is 19.8 Å². The minimum absolute atomic E-state index is 0.233. The highest BCUT2D eigenvalue weighted by Crippen LogP contribution is 2.42. The normalized spacial score (nSPS) is 14.0. The Morgan fingerprint density at radius 2 is 0.962 bits per heavy atom. The van der Waals surface area contributed by atoms with Crippen molar-refractivity contribution in [2.75, 3.05) is 20.3 Å². The average Bonchev–Trinajstić information content (AvgIpc) is 3.15. The summed E-state index contributed by atoms with van der Waals surface area (Å²) in [5.41, 5.74) is 0. The third-order valence-corrected chi connectivity index (χ3v) is 9.68.